The van der Waals surface area contributed by atoms with Gasteiger partial charge in [-0.2, -0.15) is 4.98 Å². The fourth-order valence-corrected chi connectivity index (χ4v) is 2.11. The Morgan fingerprint density at radius 1 is 1.00 bits per heavy atom. The Hall–Kier alpha value is -2.14. The van der Waals surface area contributed by atoms with Gasteiger partial charge < -0.3 is 15.4 Å². The van der Waals surface area contributed by atoms with Crippen molar-refractivity contribution in [2.24, 2.45) is 0 Å². The Kier molecular flexibility index (Phi) is 7.18. The third-order valence-corrected chi connectivity index (χ3v) is 3.26. The molecule has 0 saturated heterocycles. The van der Waals surface area contributed by atoms with Gasteiger partial charge in [-0.25, -0.2) is 4.98 Å². The molecule has 0 fully saturated rings. The number of anilines is 2. The van der Waals surface area contributed by atoms with Crippen molar-refractivity contribution in [1.82, 2.24) is 9.97 Å². The number of methoxy groups -OCH3 is 1. The van der Waals surface area contributed by atoms with Crippen LogP contribution < -0.4 is 10.6 Å². The number of ether oxygens (including phenoxy) is 1. The molecule has 0 bridgehead atoms. The molecule has 5 heteroatoms. The molecule has 0 atom stereocenters. The molecule has 0 aliphatic carbocycles. The van der Waals surface area contributed by atoms with E-state index in [0.29, 0.717) is 5.95 Å². The quantitative estimate of drug-likeness (QED) is 0.661. The van der Waals surface area contributed by atoms with Crippen LogP contribution in [0, 0.1) is 0 Å². The minimum absolute atomic E-state index is 0.671. The zero-order valence-corrected chi connectivity index (χ0v) is 13.1. The van der Waals surface area contributed by atoms with E-state index < -0.39 is 0 Å². The van der Waals surface area contributed by atoms with Crippen molar-refractivity contribution in [3.63, 3.8) is 0 Å². The smallest absolute Gasteiger partial charge is 0.224 e. The summed E-state index contributed by atoms with van der Waals surface area (Å²) >= 11 is 0. The van der Waals surface area contributed by atoms with Crippen molar-refractivity contribution in [3.05, 3.63) is 48.2 Å². The number of hydrogen-bond donors (Lipinski definition) is 2. The predicted molar refractivity (Wildman–Crippen MR) is 90.3 cm³/mol. The second-order valence-electron chi connectivity index (χ2n) is 5.05. The molecule has 1 heterocycles. The van der Waals surface area contributed by atoms with Crippen LogP contribution >= 0.6 is 0 Å². The van der Waals surface area contributed by atoms with Crippen LogP contribution in [-0.4, -0.2) is 36.8 Å². The fourth-order valence-electron chi connectivity index (χ4n) is 2.11. The van der Waals surface area contributed by atoms with Crippen LogP contribution in [0.3, 0.4) is 0 Å². The summed E-state index contributed by atoms with van der Waals surface area (Å²) in [6.45, 7) is 2.46. The molecule has 22 heavy (non-hydrogen) atoms. The summed E-state index contributed by atoms with van der Waals surface area (Å²) in [4.78, 5) is 8.68. The maximum absolute atomic E-state index is 5.02. The lowest BCUT2D eigenvalue weighted by Crippen LogP contribution is -2.10. The van der Waals surface area contributed by atoms with Gasteiger partial charge in [-0.05, 0) is 30.9 Å². The van der Waals surface area contributed by atoms with Gasteiger partial charge in [0, 0.05) is 33.0 Å². The first-order chi connectivity index (χ1) is 10.9. The lowest BCUT2D eigenvalue weighted by molar-refractivity contribution is 0.198. The molecular formula is C17H24N4O. The van der Waals surface area contributed by atoms with E-state index in [9.17, 15) is 0 Å². The molecule has 2 N–H and O–H groups in total. The maximum atomic E-state index is 5.02. The van der Waals surface area contributed by atoms with E-state index >= 15 is 0 Å². The summed E-state index contributed by atoms with van der Waals surface area (Å²) < 4.78 is 5.02. The number of aryl methyl sites for hydroxylation is 1. The molecule has 0 radical (unpaired) electrons. The summed E-state index contributed by atoms with van der Waals surface area (Å²) in [6, 6.07) is 12.4. The van der Waals surface area contributed by atoms with Crippen molar-refractivity contribution in [3.8, 4) is 0 Å². The van der Waals surface area contributed by atoms with Crippen LogP contribution in [0.25, 0.3) is 0 Å². The summed E-state index contributed by atoms with van der Waals surface area (Å²) in [5, 5.41) is 6.53. The molecule has 1 aromatic carbocycles. The molecule has 118 valence electrons. The van der Waals surface area contributed by atoms with Gasteiger partial charge in [0.15, 0.2) is 0 Å². The zero-order valence-electron chi connectivity index (χ0n) is 13.1. The van der Waals surface area contributed by atoms with Crippen molar-refractivity contribution < 1.29 is 4.74 Å². The van der Waals surface area contributed by atoms with Crippen LogP contribution in [0.4, 0.5) is 11.8 Å². The largest absolute Gasteiger partial charge is 0.385 e. The molecule has 5 nitrogen and oxygen atoms in total. The Morgan fingerprint density at radius 2 is 1.82 bits per heavy atom. The highest BCUT2D eigenvalue weighted by Gasteiger charge is 1.99. The van der Waals surface area contributed by atoms with E-state index in [2.05, 4.69) is 44.9 Å². The van der Waals surface area contributed by atoms with Gasteiger partial charge in [0.1, 0.15) is 5.82 Å². The second-order valence-corrected chi connectivity index (χ2v) is 5.05. The molecule has 2 rings (SSSR count). The maximum Gasteiger partial charge on any atom is 0.224 e. The topological polar surface area (TPSA) is 59.1 Å². The lowest BCUT2D eigenvalue weighted by Gasteiger charge is -2.08. The molecule has 0 aliphatic rings. The molecule has 0 amide bonds. The molecule has 0 aliphatic heterocycles. The van der Waals surface area contributed by atoms with Crippen LogP contribution in [-0.2, 0) is 11.2 Å². The van der Waals surface area contributed by atoms with Gasteiger partial charge >= 0.3 is 0 Å². The Morgan fingerprint density at radius 3 is 2.64 bits per heavy atom. The summed E-state index contributed by atoms with van der Waals surface area (Å²) in [7, 11) is 1.71. The summed E-state index contributed by atoms with van der Waals surface area (Å²) in [6.07, 6.45) is 4.84. The first-order valence-corrected chi connectivity index (χ1v) is 7.72. The molecule has 2 aromatic rings. The number of nitrogens with one attached hydrogen (secondary N) is 2. The van der Waals surface area contributed by atoms with Crippen LogP contribution in [0.15, 0.2) is 42.6 Å². The number of nitrogens with zero attached hydrogens (tertiary/aromatic N) is 2. The van der Waals surface area contributed by atoms with Gasteiger partial charge in [0.25, 0.3) is 0 Å². The van der Waals surface area contributed by atoms with E-state index in [1.807, 2.05) is 12.1 Å². The highest BCUT2D eigenvalue weighted by atomic mass is 16.5. The second kappa shape index (κ2) is 9.73. The summed E-state index contributed by atoms with van der Waals surface area (Å²) in [5.41, 5.74) is 1.36. The van der Waals surface area contributed by atoms with Crippen molar-refractivity contribution in [1.29, 1.82) is 0 Å². The normalized spacial score (nSPS) is 10.4. The molecular weight excluding hydrogens is 276 g/mol. The predicted octanol–water partition coefficient (Wildman–Crippen LogP) is 2.97. The standard InChI is InChI=1S/C17H24N4O/c1-22-14-6-12-18-16-10-13-20-17(21-16)19-11-5-9-15-7-3-2-4-8-15/h2-4,7-8,10,13H,5-6,9,11-12,14H2,1H3,(H2,18,19,20,21). The van der Waals surface area contributed by atoms with E-state index in [1.54, 1.807) is 13.3 Å². The highest BCUT2D eigenvalue weighted by molar-refractivity contribution is 5.39. The molecule has 0 unspecified atom stereocenters. The third kappa shape index (κ3) is 6.10. The Balaban J connectivity index is 1.69. The van der Waals surface area contributed by atoms with E-state index in [1.165, 1.54) is 5.56 Å². The van der Waals surface area contributed by atoms with E-state index in [-0.39, 0.29) is 0 Å². The summed E-state index contributed by atoms with van der Waals surface area (Å²) in [5.74, 6) is 1.52. The van der Waals surface area contributed by atoms with E-state index in [4.69, 9.17) is 4.74 Å². The number of benzene rings is 1. The SMILES string of the molecule is COCCCNc1ccnc(NCCCc2ccccc2)n1. The number of hydrogen-bond acceptors (Lipinski definition) is 5. The Labute approximate surface area is 132 Å². The third-order valence-electron chi connectivity index (χ3n) is 3.26. The first-order valence-electron chi connectivity index (χ1n) is 7.72. The highest BCUT2D eigenvalue weighted by Crippen LogP contribution is 2.07. The fraction of sp³-hybridized carbons (Fsp3) is 0.412. The average Bonchev–Trinajstić information content (AvgIpc) is 2.57. The lowest BCUT2D eigenvalue weighted by atomic mass is 10.1. The van der Waals surface area contributed by atoms with Crippen LogP contribution in [0.5, 0.6) is 0 Å². The Bertz CT molecular complexity index is 533. The van der Waals surface area contributed by atoms with Gasteiger partial charge in [0.2, 0.25) is 5.95 Å². The van der Waals surface area contributed by atoms with Crippen LogP contribution in [0.1, 0.15) is 18.4 Å². The zero-order chi connectivity index (χ0) is 15.5. The van der Waals surface area contributed by atoms with Crippen molar-refractivity contribution in [2.75, 3.05) is 37.4 Å². The van der Waals surface area contributed by atoms with Crippen LogP contribution in [0.2, 0.25) is 0 Å². The number of aromatic nitrogens is 2. The van der Waals surface area contributed by atoms with Crippen molar-refractivity contribution in [2.45, 2.75) is 19.3 Å². The minimum Gasteiger partial charge on any atom is -0.385 e. The van der Waals surface area contributed by atoms with Crippen molar-refractivity contribution >= 4 is 11.8 Å². The van der Waals surface area contributed by atoms with Gasteiger partial charge in [0.05, 0.1) is 0 Å². The van der Waals surface area contributed by atoms with Gasteiger partial charge in [-0.15, -0.1) is 0 Å². The van der Waals surface area contributed by atoms with E-state index in [0.717, 1.165) is 44.8 Å². The molecule has 1 aromatic heterocycles. The molecule has 0 spiro atoms. The van der Waals surface area contributed by atoms with Gasteiger partial charge in [-0.1, -0.05) is 30.3 Å². The average molecular weight is 300 g/mol. The molecule has 0 saturated carbocycles. The monoisotopic (exact) mass is 300 g/mol. The number of rotatable bonds is 10. The minimum atomic E-state index is 0.671. The van der Waals surface area contributed by atoms with Gasteiger partial charge in [-0.3, -0.25) is 0 Å². The first kappa shape index (κ1) is 16.2.